The number of piperazine rings is 1. The van der Waals surface area contributed by atoms with Gasteiger partial charge in [0.05, 0.1) is 11.8 Å². The Bertz CT molecular complexity index is 943. The summed E-state index contributed by atoms with van der Waals surface area (Å²) in [5, 5.41) is 4.04. The third-order valence-electron chi connectivity index (χ3n) is 5.31. The molecule has 0 bridgehead atoms. The molecule has 2 aliphatic rings. The zero-order chi connectivity index (χ0) is 19.1. The number of aryl methyl sites for hydroxylation is 1. The lowest BCUT2D eigenvalue weighted by atomic mass is 10.1. The summed E-state index contributed by atoms with van der Waals surface area (Å²) >= 11 is 0. The van der Waals surface area contributed by atoms with Crippen LogP contribution < -0.4 is 5.56 Å². The molecule has 0 radical (unpaired) electrons. The van der Waals surface area contributed by atoms with Gasteiger partial charge in [-0.3, -0.25) is 19.1 Å². The van der Waals surface area contributed by atoms with E-state index in [0.29, 0.717) is 31.1 Å². The minimum atomic E-state index is -0.328. The van der Waals surface area contributed by atoms with Crippen molar-refractivity contribution in [3.8, 4) is 0 Å². The van der Waals surface area contributed by atoms with Crippen LogP contribution in [0.1, 0.15) is 52.1 Å². The summed E-state index contributed by atoms with van der Waals surface area (Å²) in [6, 6.07) is 3.34. The minimum Gasteiger partial charge on any atom is -0.335 e. The standard InChI is InChI=1S/C19H23N5O3/c1-12-10-23(7-8-24(12)18(26)14-9-20-22(2)11-14)19(27)15-5-6-16(13-3-4-13)21-17(15)25/h5-6,9,11-13H,3-4,7-8,10H2,1-2H3,(H,21,25)/t12-/m0/s1. The van der Waals surface area contributed by atoms with E-state index in [4.69, 9.17) is 0 Å². The maximum absolute atomic E-state index is 12.8. The second-order valence-corrected chi connectivity index (χ2v) is 7.43. The highest BCUT2D eigenvalue weighted by atomic mass is 16.2. The van der Waals surface area contributed by atoms with Gasteiger partial charge in [0.25, 0.3) is 17.4 Å². The predicted octanol–water partition coefficient (Wildman–Crippen LogP) is 0.972. The number of nitrogens with one attached hydrogen (secondary N) is 1. The number of amides is 2. The number of aromatic amines is 1. The zero-order valence-electron chi connectivity index (χ0n) is 15.5. The van der Waals surface area contributed by atoms with Gasteiger partial charge in [0, 0.05) is 44.6 Å². The maximum Gasteiger partial charge on any atom is 0.261 e. The second kappa shape index (κ2) is 6.68. The summed E-state index contributed by atoms with van der Waals surface area (Å²) in [6.45, 7) is 3.14. The van der Waals surface area contributed by atoms with Crippen molar-refractivity contribution in [2.45, 2.75) is 31.7 Å². The van der Waals surface area contributed by atoms with Crippen LogP contribution in [-0.4, -0.2) is 62.1 Å². The van der Waals surface area contributed by atoms with Crippen LogP contribution in [0.2, 0.25) is 0 Å². The Morgan fingerprint density at radius 2 is 1.96 bits per heavy atom. The molecular formula is C19H23N5O3. The molecule has 1 saturated carbocycles. The molecule has 1 N–H and O–H groups in total. The zero-order valence-corrected chi connectivity index (χ0v) is 15.5. The Kier molecular flexibility index (Phi) is 4.33. The molecule has 8 nitrogen and oxygen atoms in total. The third-order valence-corrected chi connectivity index (χ3v) is 5.31. The van der Waals surface area contributed by atoms with Crippen molar-refractivity contribution in [3.63, 3.8) is 0 Å². The smallest absolute Gasteiger partial charge is 0.261 e. The molecule has 142 valence electrons. The molecule has 8 heteroatoms. The lowest BCUT2D eigenvalue weighted by Gasteiger charge is -2.39. The first kappa shape index (κ1) is 17.5. The molecule has 1 saturated heterocycles. The van der Waals surface area contributed by atoms with Gasteiger partial charge in [-0.15, -0.1) is 0 Å². The fourth-order valence-electron chi connectivity index (χ4n) is 3.60. The normalized spacial score (nSPS) is 20.0. The van der Waals surface area contributed by atoms with E-state index in [1.165, 1.54) is 0 Å². The van der Waals surface area contributed by atoms with Gasteiger partial charge in [-0.2, -0.15) is 5.10 Å². The number of nitrogens with zero attached hydrogens (tertiary/aromatic N) is 4. The molecule has 1 aliphatic carbocycles. The molecule has 1 aliphatic heterocycles. The molecular weight excluding hydrogens is 346 g/mol. The lowest BCUT2D eigenvalue weighted by molar-refractivity contribution is 0.0413. The van der Waals surface area contributed by atoms with Gasteiger partial charge in [0.2, 0.25) is 0 Å². The highest BCUT2D eigenvalue weighted by Crippen LogP contribution is 2.38. The molecule has 2 amide bonds. The van der Waals surface area contributed by atoms with Gasteiger partial charge in [-0.25, -0.2) is 0 Å². The van der Waals surface area contributed by atoms with Crippen molar-refractivity contribution < 1.29 is 9.59 Å². The molecule has 0 aromatic carbocycles. The van der Waals surface area contributed by atoms with Crippen LogP contribution in [0.3, 0.4) is 0 Å². The molecule has 0 spiro atoms. The molecule has 2 fully saturated rings. The van der Waals surface area contributed by atoms with Crippen LogP contribution >= 0.6 is 0 Å². The highest BCUT2D eigenvalue weighted by molar-refractivity contribution is 5.95. The van der Waals surface area contributed by atoms with Crippen LogP contribution in [0, 0.1) is 0 Å². The monoisotopic (exact) mass is 369 g/mol. The van der Waals surface area contributed by atoms with E-state index in [2.05, 4.69) is 10.1 Å². The summed E-state index contributed by atoms with van der Waals surface area (Å²) in [4.78, 5) is 44.0. The summed E-state index contributed by atoms with van der Waals surface area (Å²) in [5.74, 6) is 0.0668. The Labute approximate surface area is 156 Å². The quantitative estimate of drug-likeness (QED) is 0.873. The van der Waals surface area contributed by atoms with Crippen molar-refractivity contribution in [2.75, 3.05) is 19.6 Å². The third kappa shape index (κ3) is 3.39. The van der Waals surface area contributed by atoms with Crippen molar-refractivity contribution in [3.05, 3.63) is 51.7 Å². The van der Waals surface area contributed by atoms with E-state index in [1.54, 1.807) is 40.0 Å². The van der Waals surface area contributed by atoms with Crippen LogP contribution in [0.15, 0.2) is 29.3 Å². The molecule has 2 aromatic heterocycles. The van der Waals surface area contributed by atoms with Crippen LogP contribution in [0.25, 0.3) is 0 Å². The number of aromatic nitrogens is 3. The Morgan fingerprint density at radius 3 is 2.56 bits per heavy atom. The van der Waals surface area contributed by atoms with Gasteiger partial charge >= 0.3 is 0 Å². The minimum absolute atomic E-state index is 0.0886. The summed E-state index contributed by atoms with van der Waals surface area (Å²) < 4.78 is 1.59. The summed E-state index contributed by atoms with van der Waals surface area (Å²) in [6.07, 6.45) is 5.42. The van der Waals surface area contributed by atoms with E-state index in [-0.39, 0.29) is 29.0 Å². The number of hydrogen-bond donors (Lipinski definition) is 1. The summed E-state index contributed by atoms with van der Waals surface area (Å²) in [7, 11) is 1.77. The molecule has 0 unspecified atom stereocenters. The molecule has 4 rings (SSSR count). The number of pyridine rings is 1. The number of hydrogen-bond acceptors (Lipinski definition) is 4. The fraction of sp³-hybridized carbons (Fsp3) is 0.474. The van der Waals surface area contributed by atoms with E-state index >= 15 is 0 Å². The second-order valence-electron chi connectivity index (χ2n) is 7.43. The van der Waals surface area contributed by atoms with Crippen LogP contribution in [-0.2, 0) is 7.05 Å². The van der Waals surface area contributed by atoms with E-state index in [1.807, 2.05) is 13.0 Å². The number of carbonyl (C=O) groups is 2. The average Bonchev–Trinajstić information content (AvgIpc) is 3.41. The van der Waals surface area contributed by atoms with E-state index in [0.717, 1.165) is 18.5 Å². The predicted molar refractivity (Wildman–Crippen MR) is 98.6 cm³/mol. The van der Waals surface area contributed by atoms with Crippen LogP contribution in [0.5, 0.6) is 0 Å². The molecule has 3 heterocycles. The van der Waals surface area contributed by atoms with Crippen LogP contribution in [0.4, 0.5) is 0 Å². The van der Waals surface area contributed by atoms with Crippen molar-refractivity contribution >= 4 is 11.8 Å². The number of H-pyrrole nitrogens is 1. The van der Waals surface area contributed by atoms with Gasteiger partial charge in [-0.1, -0.05) is 0 Å². The van der Waals surface area contributed by atoms with Gasteiger partial charge < -0.3 is 14.8 Å². The Balaban J connectivity index is 1.45. The van der Waals surface area contributed by atoms with Crippen molar-refractivity contribution in [1.29, 1.82) is 0 Å². The van der Waals surface area contributed by atoms with Gasteiger partial charge in [0.1, 0.15) is 5.56 Å². The Hall–Kier alpha value is -2.90. The average molecular weight is 369 g/mol. The molecule has 2 aromatic rings. The first-order valence-electron chi connectivity index (χ1n) is 9.26. The molecule has 27 heavy (non-hydrogen) atoms. The first-order chi connectivity index (χ1) is 12.9. The largest absolute Gasteiger partial charge is 0.335 e. The number of carbonyl (C=O) groups excluding carboxylic acids is 2. The lowest BCUT2D eigenvalue weighted by Crippen LogP contribution is -2.55. The first-order valence-corrected chi connectivity index (χ1v) is 9.26. The van der Waals surface area contributed by atoms with E-state index in [9.17, 15) is 14.4 Å². The van der Waals surface area contributed by atoms with Crippen molar-refractivity contribution in [2.24, 2.45) is 7.05 Å². The molecule has 1 atom stereocenters. The summed E-state index contributed by atoms with van der Waals surface area (Å²) in [5.41, 5.74) is 1.29. The topological polar surface area (TPSA) is 91.3 Å². The number of rotatable bonds is 3. The maximum atomic E-state index is 12.8. The highest BCUT2D eigenvalue weighted by Gasteiger charge is 2.32. The SMILES string of the molecule is C[C@H]1CN(C(=O)c2ccc(C3CC3)[nH]c2=O)CCN1C(=O)c1cnn(C)c1. The Morgan fingerprint density at radius 1 is 1.19 bits per heavy atom. The van der Waals surface area contributed by atoms with Gasteiger partial charge in [0.15, 0.2) is 0 Å². The van der Waals surface area contributed by atoms with Crippen molar-refractivity contribution in [1.82, 2.24) is 24.6 Å². The fourth-order valence-corrected chi connectivity index (χ4v) is 3.60. The van der Waals surface area contributed by atoms with E-state index < -0.39 is 0 Å². The van der Waals surface area contributed by atoms with Gasteiger partial charge in [-0.05, 0) is 37.8 Å².